The maximum Gasteiger partial charge on any atom is 0.320 e. The van der Waals surface area contributed by atoms with Gasteiger partial charge in [0, 0.05) is 18.1 Å². The maximum absolute atomic E-state index is 13.8. The van der Waals surface area contributed by atoms with Gasteiger partial charge in [0.05, 0.1) is 29.2 Å². The van der Waals surface area contributed by atoms with Crippen LogP contribution in [-0.4, -0.2) is 90.1 Å². The molecule has 2 aliphatic heterocycles. The lowest BCUT2D eigenvalue weighted by atomic mass is 9.67. The number of β-amino-alcohol motifs (C(OH)–C–C–N with tert-alkyl or cyclic N) is 1. The van der Waals surface area contributed by atoms with Crippen LogP contribution < -0.4 is 0 Å². The van der Waals surface area contributed by atoms with Gasteiger partial charge in [0.2, 0.25) is 0 Å². The maximum atomic E-state index is 13.8. The number of sulfone groups is 1. The Kier molecular flexibility index (Phi) is 6.01. The molecule has 2 amide bonds. The lowest BCUT2D eigenvalue weighted by Crippen LogP contribution is -2.59. The first-order valence-corrected chi connectivity index (χ1v) is 14.6. The van der Waals surface area contributed by atoms with Gasteiger partial charge in [0.1, 0.15) is 9.84 Å². The Hall–Kier alpha value is -1.64. The molecule has 7 nitrogen and oxygen atoms in total. The fraction of sp³-hybridized carbons (Fsp3) is 0.731. The predicted molar refractivity (Wildman–Crippen MR) is 132 cm³/mol. The summed E-state index contributed by atoms with van der Waals surface area (Å²) in [7, 11) is 1.31. The summed E-state index contributed by atoms with van der Waals surface area (Å²) in [6.45, 7) is 1.04. The molecule has 1 aromatic carbocycles. The molecule has 2 heterocycles. The minimum atomic E-state index is -2.99. The van der Waals surface area contributed by atoms with Crippen molar-refractivity contribution in [3.63, 3.8) is 0 Å². The normalized spacial score (nSPS) is 30.6. The van der Waals surface area contributed by atoms with E-state index >= 15 is 0 Å². The number of urea groups is 1. The second-order valence-corrected chi connectivity index (χ2v) is 13.8. The van der Waals surface area contributed by atoms with Gasteiger partial charge in [-0.15, -0.1) is 0 Å². The Morgan fingerprint density at radius 3 is 2.15 bits per heavy atom. The van der Waals surface area contributed by atoms with Crippen molar-refractivity contribution in [2.45, 2.75) is 80.5 Å². The van der Waals surface area contributed by atoms with Gasteiger partial charge in [0.25, 0.3) is 0 Å². The van der Waals surface area contributed by atoms with Crippen molar-refractivity contribution in [1.29, 1.82) is 0 Å². The molecular weight excluding hydrogens is 450 g/mol. The molecule has 2 saturated heterocycles. The first-order valence-electron chi connectivity index (χ1n) is 12.8. The van der Waals surface area contributed by atoms with Crippen LogP contribution >= 0.6 is 0 Å². The molecule has 1 aromatic rings. The van der Waals surface area contributed by atoms with Crippen LogP contribution in [0.4, 0.5) is 4.79 Å². The molecule has 0 radical (unpaired) electrons. The van der Waals surface area contributed by atoms with Gasteiger partial charge in [-0.2, -0.15) is 0 Å². The molecule has 0 unspecified atom stereocenters. The van der Waals surface area contributed by atoms with Gasteiger partial charge in [-0.3, -0.25) is 4.90 Å². The van der Waals surface area contributed by atoms with Gasteiger partial charge < -0.3 is 14.9 Å². The molecule has 2 saturated carbocycles. The van der Waals surface area contributed by atoms with Crippen molar-refractivity contribution in [3.05, 3.63) is 35.9 Å². The van der Waals surface area contributed by atoms with E-state index in [1.165, 1.54) is 5.56 Å². The summed E-state index contributed by atoms with van der Waals surface area (Å²) in [5, 5.41) is 11.0. The average Bonchev–Trinajstić information content (AvgIpc) is 3.05. The van der Waals surface area contributed by atoms with Crippen LogP contribution in [0.25, 0.3) is 0 Å². The summed E-state index contributed by atoms with van der Waals surface area (Å²) in [5.41, 5.74) is 0.176. The van der Waals surface area contributed by atoms with Crippen molar-refractivity contribution >= 4 is 15.9 Å². The topological polar surface area (TPSA) is 81.2 Å². The Labute approximate surface area is 204 Å². The zero-order valence-corrected chi connectivity index (χ0v) is 21.4. The fourth-order valence-corrected chi connectivity index (χ4v) is 8.34. The molecule has 4 aliphatic rings. The summed E-state index contributed by atoms with van der Waals surface area (Å²) in [4.78, 5) is 20.1. The molecule has 2 aliphatic carbocycles. The van der Waals surface area contributed by atoms with Gasteiger partial charge >= 0.3 is 6.03 Å². The Morgan fingerprint density at radius 2 is 1.62 bits per heavy atom. The summed E-state index contributed by atoms with van der Waals surface area (Å²) in [5.74, 6) is 0.326. The molecule has 0 atom stereocenters. The largest absolute Gasteiger partial charge is 0.388 e. The Bertz CT molecular complexity index is 1000. The minimum absolute atomic E-state index is 0.00156. The van der Waals surface area contributed by atoms with E-state index in [2.05, 4.69) is 49.3 Å². The van der Waals surface area contributed by atoms with Crippen LogP contribution in [0.1, 0.15) is 63.4 Å². The highest BCUT2D eigenvalue weighted by molar-refractivity contribution is 7.91. The van der Waals surface area contributed by atoms with Crippen molar-refractivity contribution in [1.82, 2.24) is 14.7 Å². The van der Waals surface area contributed by atoms with E-state index in [9.17, 15) is 18.3 Å². The number of hydrogen-bond acceptors (Lipinski definition) is 5. The SMILES string of the molecule is CN(C)[C@]1(c2ccccc2)CC[C@]2(CC1)CN(C1CCS(=O)(=O)CC1)C(=O)N2CC1(O)CCC1. The minimum Gasteiger partial charge on any atom is -0.388 e. The molecule has 188 valence electrons. The van der Waals surface area contributed by atoms with Crippen molar-refractivity contribution < 1.29 is 18.3 Å². The standard InChI is InChI=1S/C26H39N3O4S/c1-27(2)26(21-7-4-3-5-8-21)15-13-24(14-16-26)19-28(22-9-17-34(32,33)18-10-22)23(30)29(24)20-25(31)11-6-12-25/h3-5,7-8,22,31H,6,9-20H2,1-2H3/t24-,26+. The highest BCUT2D eigenvalue weighted by Gasteiger charge is 2.57. The number of aliphatic hydroxyl groups is 1. The quantitative estimate of drug-likeness (QED) is 0.688. The van der Waals surface area contributed by atoms with E-state index in [0.29, 0.717) is 25.9 Å². The third-order valence-corrected chi connectivity index (χ3v) is 11.1. The van der Waals surface area contributed by atoms with Gasteiger partial charge in [-0.1, -0.05) is 30.3 Å². The lowest BCUT2D eigenvalue weighted by Gasteiger charge is -2.52. The van der Waals surface area contributed by atoms with E-state index in [0.717, 1.165) is 44.9 Å². The third-order valence-electron chi connectivity index (χ3n) is 9.39. The number of amides is 2. The molecule has 1 N–H and O–H groups in total. The summed E-state index contributed by atoms with van der Waals surface area (Å²) < 4.78 is 24.0. The van der Waals surface area contributed by atoms with Crippen LogP contribution in [0.5, 0.6) is 0 Å². The first-order chi connectivity index (χ1) is 16.1. The molecular formula is C26H39N3O4S. The monoisotopic (exact) mass is 489 g/mol. The molecule has 34 heavy (non-hydrogen) atoms. The highest BCUT2D eigenvalue weighted by atomic mass is 32.2. The van der Waals surface area contributed by atoms with Crippen LogP contribution in [0, 0.1) is 0 Å². The first kappa shape index (κ1) is 24.1. The number of benzene rings is 1. The van der Waals surface area contributed by atoms with Crippen LogP contribution in [-0.2, 0) is 15.4 Å². The zero-order valence-electron chi connectivity index (χ0n) is 20.6. The van der Waals surface area contributed by atoms with Gasteiger partial charge in [-0.25, -0.2) is 13.2 Å². The van der Waals surface area contributed by atoms with E-state index in [1.54, 1.807) is 0 Å². The predicted octanol–water partition coefficient (Wildman–Crippen LogP) is 2.99. The van der Waals surface area contributed by atoms with E-state index in [1.807, 2.05) is 9.80 Å². The molecule has 1 spiro atoms. The smallest absolute Gasteiger partial charge is 0.320 e. The Morgan fingerprint density at radius 1 is 1.00 bits per heavy atom. The second kappa shape index (κ2) is 8.49. The van der Waals surface area contributed by atoms with Crippen molar-refractivity contribution in [2.24, 2.45) is 0 Å². The number of carbonyl (C=O) groups excluding carboxylic acids is 1. The van der Waals surface area contributed by atoms with Gasteiger partial charge in [-0.05, 0) is 77.4 Å². The summed E-state index contributed by atoms with van der Waals surface area (Å²) >= 11 is 0. The Balaban J connectivity index is 1.42. The number of rotatable bonds is 5. The molecule has 5 rings (SSSR count). The van der Waals surface area contributed by atoms with Gasteiger partial charge in [0.15, 0.2) is 0 Å². The van der Waals surface area contributed by atoms with Crippen molar-refractivity contribution in [2.75, 3.05) is 38.7 Å². The molecule has 4 fully saturated rings. The number of carbonyl (C=O) groups is 1. The van der Waals surface area contributed by atoms with Crippen LogP contribution in [0.2, 0.25) is 0 Å². The highest BCUT2D eigenvalue weighted by Crippen LogP contribution is 2.50. The number of hydrogen-bond donors (Lipinski definition) is 1. The molecule has 8 heteroatoms. The summed E-state index contributed by atoms with van der Waals surface area (Å²) in [6.07, 6.45) is 7.20. The average molecular weight is 490 g/mol. The van der Waals surface area contributed by atoms with E-state index < -0.39 is 15.4 Å². The van der Waals surface area contributed by atoms with Crippen molar-refractivity contribution in [3.8, 4) is 0 Å². The van der Waals surface area contributed by atoms with Crippen LogP contribution in [0.3, 0.4) is 0 Å². The van der Waals surface area contributed by atoms with E-state index in [-0.39, 0.29) is 34.7 Å². The van der Waals surface area contributed by atoms with E-state index in [4.69, 9.17) is 0 Å². The second-order valence-electron chi connectivity index (χ2n) is 11.5. The molecule has 0 bridgehead atoms. The molecule has 0 aromatic heterocycles. The lowest BCUT2D eigenvalue weighted by molar-refractivity contribution is -0.0725. The fourth-order valence-electron chi connectivity index (χ4n) is 6.87. The summed E-state index contributed by atoms with van der Waals surface area (Å²) in [6, 6.07) is 10.6. The number of nitrogens with zero attached hydrogens (tertiary/aromatic N) is 3. The third kappa shape index (κ3) is 4.05. The van der Waals surface area contributed by atoms with Crippen LogP contribution in [0.15, 0.2) is 30.3 Å². The zero-order chi connectivity index (χ0) is 24.2.